The number of aromatic hydroxyl groups is 4. The average Bonchev–Trinajstić information content (AvgIpc) is 3.03. The van der Waals surface area contributed by atoms with Crippen LogP contribution in [0.3, 0.4) is 0 Å². The molecule has 266 valence electrons. The van der Waals surface area contributed by atoms with Gasteiger partial charge in [0.25, 0.3) is 30.3 Å². The number of sulfonamides is 1. The Kier molecular flexibility index (Phi) is 9.02. The molecule has 0 radical (unpaired) electrons. The zero-order valence-electron chi connectivity index (χ0n) is 26.7. The lowest BCUT2D eigenvalue weighted by Crippen LogP contribution is -2.13. The number of nitrogens with one attached hydrogen (secondary N) is 1. The van der Waals surface area contributed by atoms with Gasteiger partial charge in [0.1, 0.15) is 23.0 Å². The third-order valence-electron chi connectivity index (χ3n) is 8.59. The smallest absolute Gasteiger partial charge is 0.294 e. The standard InChI is InChI=1S/C35H31NO12S3/c1-19-7-20-9-24-15-30(50(43,44)45)17-26(34(24)39)11-22-13-28(36-49(41,42)29-5-3-2-4-6-29)14-23(33(22)38)12-27-18-31(51(46,47)48)16-25(35(27)40)10-21(8-19)32(20)37/h2-8,13-18,36-40H,9-12H2,1H3,(H,43,44,45)(H,46,47,48). The van der Waals surface area contributed by atoms with Gasteiger partial charge in [0.2, 0.25) is 0 Å². The molecule has 0 heterocycles. The van der Waals surface area contributed by atoms with Crippen LogP contribution in [-0.4, -0.2) is 54.8 Å². The molecule has 5 aromatic rings. The summed E-state index contributed by atoms with van der Waals surface area (Å²) in [7, 11) is -13.9. The fourth-order valence-corrected chi connectivity index (χ4v) is 8.45. The van der Waals surface area contributed by atoms with E-state index in [1.54, 1.807) is 25.1 Å². The van der Waals surface area contributed by atoms with E-state index in [0.717, 1.165) is 24.3 Å². The minimum absolute atomic E-state index is 0.0294. The van der Waals surface area contributed by atoms with Crippen molar-refractivity contribution in [1.82, 2.24) is 0 Å². The maximum absolute atomic E-state index is 13.3. The molecule has 5 aromatic carbocycles. The van der Waals surface area contributed by atoms with Gasteiger partial charge in [-0.05, 0) is 66.6 Å². The summed E-state index contributed by atoms with van der Waals surface area (Å²) in [5.41, 5.74) is 0.616. The molecule has 1 aliphatic carbocycles. The number of hydrogen-bond donors (Lipinski definition) is 7. The normalized spacial score (nSPS) is 13.5. The van der Waals surface area contributed by atoms with Crippen LogP contribution < -0.4 is 4.72 Å². The Bertz CT molecular complexity index is 2430. The van der Waals surface area contributed by atoms with Gasteiger partial charge >= 0.3 is 0 Å². The van der Waals surface area contributed by atoms with Gasteiger partial charge < -0.3 is 20.4 Å². The maximum Gasteiger partial charge on any atom is 0.294 e. The number of aryl methyl sites for hydroxylation is 1. The molecule has 0 fully saturated rings. The van der Waals surface area contributed by atoms with Gasteiger partial charge in [-0.2, -0.15) is 16.8 Å². The van der Waals surface area contributed by atoms with E-state index in [4.69, 9.17) is 0 Å². The lowest BCUT2D eigenvalue weighted by molar-refractivity contribution is 0.449. The summed E-state index contributed by atoms with van der Waals surface area (Å²) >= 11 is 0. The third kappa shape index (κ3) is 7.36. The number of phenolic OH excluding ortho intramolecular Hbond substituents is 4. The fourth-order valence-electron chi connectivity index (χ4n) is 6.22. The van der Waals surface area contributed by atoms with Crippen LogP contribution in [0.15, 0.2) is 93.5 Å². The van der Waals surface area contributed by atoms with Crippen LogP contribution in [0.1, 0.15) is 50.1 Å². The highest BCUT2D eigenvalue weighted by molar-refractivity contribution is 7.92. The van der Waals surface area contributed by atoms with E-state index in [2.05, 4.69) is 4.72 Å². The van der Waals surface area contributed by atoms with E-state index in [1.165, 1.54) is 36.4 Å². The van der Waals surface area contributed by atoms with Crippen molar-refractivity contribution in [2.24, 2.45) is 0 Å². The SMILES string of the molecule is Cc1cc2c(O)c(c1)Cc1cc(S(=O)(=O)O)cc(c1O)Cc1cc(NS(=O)(=O)c3ccccc3)cc(c1O)Cc1cc(S(=O)(=O)O)cc(c1O)C2. The highest BCUT2D eigenvalue weighted by Crippen LogP contribution is 2.40. The van der Waals surface area contributed by atoms with Gasteiger partial charge in [-0.25, -0.2) is 8.42 Å². The van der Waals surface area contributed by atoms with Gasteiger partial charge in [0, 0.05) is 64.8 Å². The van der Waals surface area contributed by atoms with E-state index < -0.39 is 70.1 Å². The molecule has 51 heavy (non-hydrogen) atoms. The second-order valence-corrected chi connectivity index (χ2v) is 16.9. The van der Waals surface area contributed by atoms with Gasteiger partial charge in [0.15, 0.2) is 0 Å². The quantitative estimate of drug-likeness (QED) is 0.0930. The van der Waals surface area contributed by atoms with Crippen molar-refractivity contribution in [3.63, 3.8) is 0 Å². The lowest BCUT2D eigenvalue weighted by Gasteiger charge is -2.19. The van der Waals surface area contributed by atoms with E-state index >= 15 is 0 Å². The summed E-state index contributed by atoms with van der Waals surface area (Å²) in [5, 5.41) is 45.8. The van der Waals surface area contributed by atoms with Crippen molar-refractivity contribution >= 4 is 35.9 Å². The van der Waals surface area contributed by atoms with E-state index in [1.807, 2.05) is 0 Å². The van der Waals surface area contributed by atoms with Crippen molar-refractivity contribution in [2.75, 3.05) is 4.72 Å². The van der Waals surface area contributed by atoms with Crippen molar-refractivity contribution in [3.8, 4) is 23.0 Å². The molecule has 13 nitrogen and oxygen atoms in total. The van der Waals surface area contributed by atoms with Crippen LogP contribution in [0.2, 0.25) is 0 Å². The van der Waals surface area contributed by atoms with Crippen LogP contribution in [0.25, 0.3) is 0 Å². The zero-order valence-corrected chi connectivity index (χ0v) is 29.1. The van der Waals surface area contributed by atoms with Crippen molar-refractivity contribution in [2.45, 2.75) is 47.3 Å². The minimum Gasteiger partial charge on any atom is -0.507 e. The predicted octanol–water partition coefficient (Wildman–Crippen LogP) is 4.79. The molecule has 0 aromatic heterocycles. The molecule has 16 heteroatoms. The number of rotatable bonds is 5. The monoisotopic (exact) mass is 753 g/mol. The first-order valence-electron chi connectivity index (χ1n) is 15.2. The summed E-state index contributed by atoms with van der Waals surface area (Å²) in [4.78, 5) is -1.27. The molecule has 0 spiro atoms. The summed E-state index contributed by atoms with van der Waals surface area (Å²) in [5.74, 6) is -1.62. The van der Waals surface area contributed by atoms with Gasteiger partial charge in [-0.1, -0.05) is 35.9 Å². The highest BCUT2D eigenvalue weighted by atomic mass is 32.2. The van der Waals surface area contributed by atoms with Gasteiger partial charge in [-0.3, -0.25) is 13.8 Å². The Balaban J connectivity index is 1.65. The molecule has 1 aliphatic rings. The number of anilines is 1. The van der Waals surface area contributed by atoms with E-state index in [-0.39, 0.29) is 73.7 Å². The molecular formula is C35H31NO12S3. The van der Waals surface area contributed by atoms with Gasteiger partial charge in [-0.15, -0.1) is 0 Å². The third-order valence-corrected chi connectivity index (χ3v) is 11.6. The van der Waals surface area contributed by atoms with Crippen LogP contribution in [0.4, 0.5) is 5.69 Å². The van der Waals surface area contributed by atoms with Crippen LogP contribution >= 0.6 is 0 Å². The highest BCUT2D eigenvalue weighted by Gasteiger charge is 2.25. The van der Waals surface area contributed by atoms with Crippen molar-refractivity contribution in [3.05, 3.63) is 129 Å². The predicted molar refractivity (Wildman–Crippen MR) is 185 cm³/mol. The molecule has 8 bridgehead atoms. The van der Waals surface area contributed by atoms with E-state index in [0.29, 0.717) is 5.56 Å². The van der Waals surface area contributed by atoms with Crippen molar-refractivity contribution in [1.29, 1.82) is 0 Å². The largest absolute Gasteiger partial charge is 0.507 e. The zero-order chi connectivity index (χ0) is 37.0. The Hall–Kier alpha value is -5.13. The molecule has 0 saturated carbocycles. The number of fused-ring (bicyclic) bond motifs is 8. The van der Waals surface area contributed by atoms with Crippen LogP contribution in [0, 0.1) is 6.92 Å². The Morgan fingerprint density at radius 1 is 0.471 bits per heavy atom. The van der Waals surface area contributed by atoms with Crippen molar-refractivity contribution < 1.29 is 54.8 Å². The molecule has 0 unspecified atom stereocenters. The second kappa shape index (κ2) is 12.9. The van der Waals surface area contributed by atoms with Crippen LogP contribution in [0.5, 0.6) is 23.0 Å². The molecule has 7 N–H and O–H groups in total. The van der Waals surface area contributed by atoms with E-state index in [9.17, 15) is 54.8 Å². The first-order valence-corrected chi connectivity index (χ1v) is 19.5. The van der Waals surface area contributed by atoms with Crippen LogP contribution in [-0.2, 0) is 55.9 Å². The number of benzene rings is 5. The lowest BCUT2D eigenvalue weighted by atomic mass is 9.90. The molecule has 0 aliphatic heterocycles. The average molecular weight is 754 g/mol. The Labute approximate surface area is 293 Å². The second-order valence-electron chi connectivity index (χ2n) is 12.3. The molecule has 0 saturated heterocycles. The number of phenols is 4. The Morgan fingerprint density at radius 3 is 1.12 bits per heavy atom. The molecule has 0 atom stereocenters. The topological polar surface area (TPSA) is 236 Å². The maximum atomic E-state index is 13.3. The summed E-state index contributed by atoms with van der Waals surface area (Å²) in [6, 6.07) is 17.0. The summed E-state index contributed by atoms with van der Waals surface area (Å²) in [6.07, 6.45) is -1.37. The molecule has 6 rings (SSSR count). The molecular weight excluding hydrogens is 723 g/mol. The Morgan fingerprint density at radius 2 is 0.784 bits per heavy atom. The van der Waals surface area contributed by atoms with Gasteiger partial charge in [0.05, 0.1) is 14.7 Å². The minimum atomic E-state index is -4.84. The fraction of sp³-hybridized carbons (Fsp3) is 0.143. The first kappa shape index (κ1) is 35.7. The number of hydrogen-bond acceptors (Lipinski definition) is 10. The first-order chi connectivity index (χ1) is 23.8. The molecule has 0 amide bonds. The summed E-state index contributed by atoms with van der Waals surface area (Å²) < 4.78 is 98.6. The summed E-state index contributed by atoms with van der Waals surface area (Å²) in [6.45, 7) is 1.70.